The summed E-state index contributed by atoms with van der Waals surface area (Å²) in [4.78, 5) is 8.09. The molecule has 0 spiro atoms. The van der Waals surface area contributed by atoms with Gasteiger partial charge in [-0.3, -0.25) is 0 Å². The molecule has 0 saturated heterocycles. The van der Waals surface area contributed by atoms with Crippen molar-refractivity contribution in [3.8, 4) is 17.0 Å². The van der Waals surface area contributed by atoms with Crippen LogP contribution in [-0.2, 0) is 6.42 Å². The second-order valence-corrected chi connectivity index (χ2v) is 4.55. The Kier molecular flexibility index (Phi) is 2.80. The predicted octanol–water partition coefficient (Wildman–Crippen LogP) is 2.70. The van der Waals surface area contributed by atoms with Gasteiger partial charge in [-0.05, 0) is 24.5 Å². The predicted molar refractivity (Wildman–Crippen MR) is 70.7 cm³/mol. The third-order valence-electron chi connectivity index (χ3n) is 3.00. The Morgan fingerprint density at radius 2 is 2.17 bits per heavy atom. The molecule has 5 heteroatoms. The van der Waals surface area contributed by atoms with Crippen LogP contribution in [0.1, 0.15) is 12.0 Å². The Hall–Kier alpha value is -1.81. The molecule has 18 heavy (non-hydrogen) atoms. The molecule has 3 rings (SSSR count). The van der Waals surface area contributed by atoms with E-state index in [1.807, 2.05) is 12.1 Å². The molecule has 2 heterocycles. The van der Waals surface area contributed by atoms with E-state index in [4.69, 9.17) is 22.1 Å². The summed E-state index contributed by atoms with van der Waals surface area (Å²) in [6.45, 7) is 0.724. The maximum atomic E-state index is 6.16. The molecule has 0 radical (unpaired) electrons. The van der Waals surface area contributed by atoms with Crippen molar-refractivity contribution in [2.75, 3.05) is 12.3 Å². The van der Waals surface area contributed by atoms with Gasteiger partial charge in [0.1, 0.15) is 22.9 Å². The zero-order valence-electron chi connectivity index (χ0n) is 9.69. The monoisotopic (exact) mass is 261 g/mol. The van der Waals surface area contributed by atoms with E-state index in [0.29, 0.717) is 10.7 Å². The Balaban J connectivity index is 2.20. The summed E-state index contributed by atoms with van der Waals surface area (Å²) in [5.41, 5.74) is 8.41. The van der Waals surface area contributed by atoms with E-state index in [1.165, 1.54) is 11.9 Å². The zero-order chi connectivity index (χ0) is 12.5. The molecule has 0 fully saturated rings. The number of hydrogen-bond acceptors (Lipinski definition) is 4. The molecule has 2 aromatic rings. The van der Waals surface area contributed by atoms with Crippen LogP contribution in [0.15, 0.2) is 24.5 Å². The first-order valence-electron chi connectivity index (χ1n) is 5.78. The summed E-state index contributed by atoms with van der Waals surface area (Å²) >= 11 is 6.16. The molecule has 92 valence electrons. The van der Waals surface area contributed by atoms with Crippen molar-refractivity contribution in [2.45, 2.75) is 12.8 Å². The second-order valence-electron chi connectivity index (χ2n) is 4.17. The maximum absolute atomic E-state index is 6.16. The summed E-state index contributed by atoms with van der Waals surface area (Å²) in [5, 5.41) is 0.375. The van der Waals surface area contributed by atoms with Gasteiger partial charge < -0.3 is 10.5 Å². The highest BCUT2D eigenvalue weighted by atomic mass is 35.5. The Bertz CT molecular complexity index is 601. The molecular weight excluding hydrogens is 250 g/mol. The van der Waals surface area contributed by atoms with E-state index in [-0.39, 0.29) is 5.82 Å². The first-order chi connectivity index (χ1) is 8.77. The van der Waals surface area contributed by atoms with Gasteiger partial charge in [0.2, 0.25) is 0 Å². The molecule has 1 aromatic heterocycles. The molecule has 1 aromatic carbocycles. The van der Waals surface area contributed by atoms with Crippen LogP contribution < -0.4 is 10.5 Å². The molecule has 0 saturated carbocycles. The number of aryl methyl sites for hydroxylation is 1. The molecule has 0 bridgehead atoms. The summed E-state index contributed by atoms with van der Waals surface area (Å²) in [6, 6.07) is 5.99. The molecule has 1 aliphatic rings. The van der Waals surface area contributed by atoms with Crippen LogP contribution >= 0.6 is 11.6 Å². The zero-order valence-corrected chi connectivity index (χ0v) is 10.4. The number of anilines is 1. The lowest BCUT2D eigenvalue weighted by atomic mass is 10.0. The molecule has 0 aliphatic carbocycles. The lowest BCUT2D eigenvalue weighted by Gasteiger charge is -2.20. The van der Waals surface area contributed by atoms with E-state index < -0.39 is 0 Å². The SMILES string of the molecule is Nc1ncnc(-c2cccc3c2OCCC3)c1Cl. The van der Waals surface area contributed by atoms with Crippen molar-refractivity contribution in [3.05, 3.63) is 35.1 Å². The van der Waals surface area contributed by atoms with E-state index in [1.54, 1.807) is 0 Å². The van der Waals surface area contributed by atoms with Gasteiger partial charge in [0.15, 0.2) is 0 Å². The van der Waals surface area contributed by atoms with Gasteiger partial charge in [-0.1, -0.05) is 23.7 Å². The van der Waals surface area contributed by atoms with Crippen molar-refractivity contribution in [3.63, 3.8) is 0 Å². The minimum absolute atomic E-state index is 0.287. The van der Waals surface area contributed by atoms with Crippen molar-refractivity contribution >= 4 is 17.4 Å². The van der Waals surface area contributed by atoms with Crippen molar-refractivity contribution in [1.29, 1.82) is 0 Å². The first kappa shape index (κ1) is 11.3. The van der Waals surface area contributed by atoms with Crippen LogP contribution in [-0.4, -0.2) is 16.6 Å². The molecule has 0 unspecified atom stereocenters. The summed E-state index contributed by atoms with van der Waals surface area (Å²) in [7, 11) is 0. The van der Waals surface area contributed by atoms with Crippen LogP contribution in [0.5, 0.6) is 5.75 Å². The highest BCUT2D eigenvalue weighted by Gasteiger charge is 2.19. The third kappa shape index (κ3) is 1.78. The minimum Gasteiger partial charge on any atom is -0.493 e. The van der Waals surface area contributed by atoms with Gasteiger partial charge in [-0.25, -0.2) is 9.97 Å². The lowest BCUT2D eigenvalue weighted by molar-refractivity contribution is 0.289. The van der Waals surface area contributed by atoms with Gasteiger partial charge in [-0.2, -0.15) is 0 Å². The number of halogens is 1. The Labute approximate surface area is 110 Å². The number of nitrogen functional groups attached to an aromatic ring is 1. The number of benzene rings is 1. The quantitative estimate of drug-likeness (QED) is 0.857. The summed E-state index contributed by atoms with van der Waals surface area (Å²) in [6.07, 6.45) is 3.47. The fraction of sp³-hybridized carbons (Fsp3) is 0.231. The smallest absolute Gasteiger partial charge is 0.146 e. The lowest BCUT2D eigenvalue weighted by Crippen LogP contribution is -2.09. The number of hydrogen-bond donors (Lipinski definition) is 1. The number of rotatable bonds is 1. The minimum atomic E-state index is 0.287. The fourth-order valence-corrected chi connectivity index (χ4v) is 2.35. The fourth-order valence-electron chi connectivity index (χ4n) is 2.15. The number of nitrogens with zero attached hydrogens (tertiary/aromatic N) is 2. The number of para-hydroxylation sites is 1. The number of aromatic nitrogens is 2. The van der Waals surface area contributed by atoms with Crippen LogP contribution in [0, 0.1) is 0 Å². The second kappa shape index (κ2) is 4.46. The van der Waals surface area contributed by atoms with Crippen LogP contribution in [0.2, 0.25) is 5.02 Å². The Morgan fingerprint density at radius 1 is 1.28 bits per heavy atom. The number of nitrogens with two attached hydrogens (primary N) is 1. The van der Waals surface area contributed by atoms with E-state index in [0.717, 1.165) is 30.8 Å². The van der Waals surface area contributed by atoms with Gasteiger partial charge in [-0.15, -0.1) is 0 Å². The third-order valence-corrected chi connectivity index (χ3v) is 3.38. The average molecular weight is 262 g/mol. The van der Waals surface area contributed by atoms with E-state index in [9.17, 15) is 0 Å². The topological polar surface area (TPSA) is 61.0 Å². The van der Waals surface area contributed by atoms with Crippen molar-refractivity contribution < 1.29 is 4.74 Å². The van der Waals surface area contributed by atoms with Gasteiger partial charge in [0, 0.05) is 5.56 Å². The normalized spacial score (nSPS) is 13.8. The highest BCUT2D eigenvalue weighted by Crippen LogP contribution is 2.38. The molecule has 0 atom stereocenters. The largest absolute Gasteiger partial charge is 0.493 e. The van der Waals surface area contributed by atoms with Gasteiger partial charge >= 0.3 is 0 Å². The average Bonchev–Trinajstić information content (AvgIpc) is 2.41. The molecule has 4 nitrogen and oxygen atoms in total. The van der Waals surface area contributed by atoms with Crippen LogP contribution in [0.25, 0.3) is 11.3 Å². The van der Waals surface area contributed by atoms with Crippen molar-refractivity contribution in [1.82, 2.24) is 9.97 Å². The Morgan fingerprint density at radius 3 is 3.06 bits per heavy atom. The molecular formula is C13H12ClN3O. The molecule has 0 amide bonds. The van der Waals surface area contributed by atoms with Crippen molar-refractivity contribution in [2.24, 2.45) is 0 Å². The molecule has 1 aliphatic heterocycles. The number of fused-ring (bicyclic) bond motifs is 1. The van der Waals surface area contributed by atoms with Gasteiger partial charge in [0.05, 0.1) is 12.3 Å². The highest BCUT2D eigenvalue weighted by molar-refractivity contribution is 6.35. The van der Waals surface area contributed by atoms with Gasteiger partial charge in [0.25, 0.3) is 0 Å². The summed E-state index contributed by atoms with van der Waals surface area (Å²) in [5.74, 6) is 1.15. The summed E-state index contributed by atoms with van der Waals surface area (Å²) < 4.78 is 5.74. The standard InChI is InChI=1S/C13H12ClN3O/c14-10-11(16-7-17-13(10)15)9-5-1-3-8-4-2-6-18-12(8)9/h1,3,5,7H,2,4,6H2,(H2,15,16,17). The molecule has 2 N–H and O–H groups in total. The van der Waals surface area contributed by atoms with Crippen LogP contribution in [0.4, 0.5) is 5.82 Å². The van der Waals surface area contributed by atoms with Crippen LogP contribution in [0.3, 0.4) is 0 Å². The first-order valence-corrected chi connectivity index (χ1v) is 6.16. The van der Waals surface area contributed by atoms with E-state index >= 15 is 0 Å². The van der Waals surface area contributed by atoms with E-state index in [2.05, 4.69) is 16.0 Å². The maximum Gasteiger partial charge on any atom is 0.146 e. The number of ether oxygens (including phenoxy) is 1.